The van der Waals surface area contributed by atoms with Crippen molar-refractivity contribution in [1.29, 1.82) is 5.41 Å². The van der Waals surface area contributed by atoms with Crippen LogP contribution in [-0.4, -0.2) is 23.6 Å². The van der Waals surface area contributed by atoms with Crippen LogP contribution in [0.15, 0.2) is 0 Å². The second-order valence-electron chi connectivity index (χ2n) is 3.13. The van der Waals surface area contributed by atoms with Crippen LogP contribution in [0.25, 0.3) is 0 Å². The summed E-state index contributed by atoms with van der Waals surface area (Å²) in [6.07, 6.45) is 4.95. The highest BCUT2D eigenvalue weighted by Crippen LogP contribution is 2.29. The van der Waals surface area contributed by atoms with Gasteiger partial charge < -0.3 is 10.5 Å². The van der Waals surface area contributed by atoms with Gasteiger partial charge in [-0.1, -0.05) is 11.8 Å². The van der Waals surface area contributed by atoms with Crippen molar-refractivity contribution in [3.8, 4) is 0 Å². The van der Waals surface area contributed by atoms with Crippen LogP contribution in [0.4, 0.5) is 0 Å². The number of hydrogen-bond donors (Lipinski definition) is 2. The molecule has 1 saturated carbocycles. The molecule has 4 heteroatoms. The third-order valence-electron chi connectivity index (χ3n) is 2.20. The first-order valence-corrected chi connectivity index (χ1v) is 5.14. The molecule has 3 N–H and O–H groups in total. The first kappa shape index (κ1) is 9.86. The van der Waals surface area contributed by atoms with Gasteiger partial charge in [0, 0.05) is 12.4 Å². The molecule has 0 bridgehead atoms. The lowest BCUT2D eigenvalue weighted by atomic mass is 9.97. The summed E-state index contributed by atoms with van der Waals surface area (Å²) in [5, 5.41) is 7.89. The van der Waals surface area contributed by atoms with E-state index in [1.54, 1.807) is 7.11 Å². The summed E-state index contributed by atoms with van der Waals surface area (Å²) >= 11 is 1.48. The molecule has 0 aliphatic heterocycles. The molecule has 3 nitrogen and oxygen atoms in total. The van der Waals surface area contributed by atoms with Crippen molar-refractivity contribution in [1.82, 2.24) is 0 Å². The number of thioether (sulfide) groups is 1. The average molecular weight is 188 g/mol. The maximum absolute atomic E-state index is 7.15. The normalized spacial score (nSPS) is 30.1. The van der Waals surface area contributed by atoms with Crippen molar-refractivity contribution < 1.29 is 4.74 Å². The lowest BCUT2D eigenvalue weighted by Gasteiger charge is -2.27. The Labute approximate surface area is 77.5 Å². The quantitative estimate of drug-likeness (QED) is 0.511. The van der Waals surface area contributed by atoms with Crippen molar-refractivity contribution in [2.24, 2.45) is 5.73 Å². The molecule has 0 heterocycles. The van der Waals surface area contributed by atoms with Gasteiger partial charge in [-0.15, -0.1) is 0 Å². The van der Waals surface area contributed by atoms with E-state index in [9.17, 15) is 0 Å². The lowest BCUT2D eigenvalue weighted by Crippen LogP contribution is -2.25. The van der Waals surface area contributed by atoms with E-state index in [-0.39, 0.29) is 5.17 Å². The Balaban J connectivity index is 2.30. The van der Waals surface area contributed by atoms with Crippen LogP contribution >= 0.6 is 11.8 Å². The van der Waals surface area contributed by atoms with E-state index >= 15 is 0 Å². The first-order valence-electron chi connectivity index (χ1n) is 4.26. The summed E-state index contributed by atoms with van der Waals surface area (Å²) in [5.41, 5.74) is 5.32. The predicted octanol–water partition coefficient (Wildman–Crippen LogP) is 1.57. The fraction of sp³-hybridized carbons (Fsp3) is 0.875. The van der Waals surface area contributed by atoms with Crippen molar-refractivity contribution >= 4 is 16.9 Å². The Morgan fingerprint density at radius 1 is 1.58 bits per heavy atom. The van der Waals surface area contributed by atoms with Crippen molar-refractivity contribution in [2.45, 2.75) is 37.0 Å². The molecule has 0 aromatic rings. The van der Waals surface area contributed by atoms with E-state index < -0.39 is 0 Å². The van der Waals surface area contributed by atoms with E-state index in [1.165, 1.54) is 24.6 Å². The molecule has 0 spiro atoms. The molecule has 70 valence electrons. The second-order valence-corrected chi connectivity index (χ2v) is 4.47. The van der Waals surface area contributed by atoms with Crippen molar-refractivity contribution in [3.63, 3.8) is 0 Å². The zero-order valence-electron chi connectivity index (χ0n) is 7.38. The van der Waals surface area contributed by atoms with Crippen LogP contribution in [-0.2, 0) is 4.74 Å². The van der Waals surface area contributed by atoms with Gasteiger partial charge in [0.05, 0.1) is 6.10 Å². The molecular weight excluding hydrogens is 172 g/mol. The van der Waals surface area contributed by atoms with Crippen LogP contribution in [0, 0.1) is 5.41 Å². The topological polar surface area (TPSA) is 59.1 Å². The number of ether oxygens (including phenoxy) is 1. The fourth-order valence-corrected chi connectivity index (χ4v) is 2.56. The van der Waals surface area contributed by atoms with Gasteiger partial charge in [0.15, 0.2) is 5.17 Å². The van der Waals surface area contributed by atoms with E-state index in [2.05, 4.69) is 0 Å². The van der Waals surface area contributed by atoms with Gasteiger partial charge in [-0.05, 0) is 25.7 Å². The fourth-order valence-electron chi connectivity index (χ4n) is 1.60. The highest BCUT2D eigenvalue weighted by Gasteiger charge is 2.22. The summed E-state index contributed by atoms with van der Waals surface area (Å²) in [4.78, 5) is 0. The van der Waals surface area contributed by atoms with Gasteiger partial charge in [0.25, 0.3) is 0 Å². The lowest BCUT2D eigenvalue weighted by molar-refractivity contribution is 0.0731. The van der Waals surface area contributed by atoms with Gasteiger partial charge in [-0.25, -0.2) is 0 Å². The molecule has 1 aliphatic rings. The molecule has 0 aromatic heterocycles. The third-order valence-corrected chi connectivity index (χ3v) is 3.22. The zero-order valence-corrected chi connectivity index (χ0v) is 8.19. The van der Waals surface area contributed by atoms with Gasteiger partial charge in [0.1, 0.15) is 0 Å². The molecule has 12 heavy (non-hydrogen) atoms. The summed E-state index contributed by atoms with van der Waals surface area (Å²) in [6, 6.07) is 0. The summed E-state index contributed by atoms with van der Waals surface area (Å²) in [6.45, 7) is 0. The zero-order chi connectivity index (χ0) is 8.97. The van der Waals surface area contributed by atoms with Gasteiger partial charge in [-0.3, -0.25) is 5.41 Å². The molecule has 1 rings (SSSR count). The molecule has 1 fully saturated rings. The van der Waals surface area contributed by atoms with Crippen LogP contribution in [0.3, 0.4) is 0 Å². The Morgan fingerprint density at radius 3 is 2.92 bits per heavy atom. The number of nitrogens with two attached hydrogens (primary N) is 1. The Bertz CT molecular complexity index is 163. The smallest absolute Gasteiger partial charge is 0.151 e. The largest absolute Gasteiger partial charge is 0.381 e. The Kier molecular flexibility index (Phi) is 3.88. The summed E-state index contributed by atoms with van der Waals surface area (Å²) in [5.74, 6) is 0. The average Bonchev–Trinajstić information content (AvgIpc) is 2.03. The molecule has 0 aromatic carbocycles. The summed E-state index contributed by atoms with van der Waals surface area (Å²) < 4.78 is 5.28. The molecule has 0 amide bonds. The minimum atomic E-state index is 0.233. The standard InChI is InChI=1S/C8H16N2OS/c1-11-6-3-2-4-7(5-6)12-8(9)10/h6-7H,2-5H2,1H3,(H3,9,10). The van der Waals surface area contributed by atoms with Crippen molar-refractivity contribution in [2.75, 3.05) is 7.11 Å². The van der Waals surface area contributed by atoms with Crippen LogP contribution in [0.2, 0.25) is 0 Å². The molecular formula is C8H16N2OS. The highest BCUT2D eigenvalue weighted by atomic mass is 32.2. The van der Waals surface area contributed by atoms with E-state index in [4.69, 9.17) is 15.9 Å². The summed E-state index contributed by atoms with van der Waals surface area (Å²) in [7, 11) is 1.76. The van der Waals surface area contributed by atoms with Crippen molar-refractivity contribution in [3.05, 3.63) is 0 Å². The Hall–Kier alpha value is -0.220. The van der Waals surface area contributed by atoms with Gasteiger partial charge in [0.2, 0.25) is 0 Å². The number of methoxy groups -OCH3 is 1. The predicted molar refractivity (Wildman–Crippen MR) is 52.6 cm³/mol. The van der Waals surface area contributed by atoms with E-state index in [0.717, 1.165) is 12.8 Å². The first-order chi connectivity index (χ1) is 5.72. The molecule has 1 aliphatic carbocycles. The second kappa shape index (κ2) is 4.72. The molecule has 0 radical (unpaired) electrons. The third kappa shape index (κ3) is 3.03. The maximum atomic E-state index is 7.15. The van der Waals surface area contributed by atoms with Gasteiger partial charge in [-0.2, -0.15) is 0 Å². The van der Waals surface area contributed by atoms with Crippen LogP contribution in [0.5, 0.6) is 0 Å². The van der Waals surface area contributed by atoms with Gasteiger partial charge >= 0.3 is 0 Å². The minimum absolute atomic E-state index is 0.233. The minimum Gasteiger partial charge on any atom is -0.381 e. The van der Waals surface area contributed by atoms with E-state index in [1.807, 2.05) is 0 Å². The SMILES string of the molecule is COC1CCCC(SC(=N)N)C1. The number of amidine groups is 1. The molecule has 0 saturated heterocycles. The number of hydrogen-bond acceptors (Lipinski definition) is 3. The molecule has 2 unspecified atom stereocenters. The van der Waals surface area contributed by atoms with E-state index in [0.29, 0.717) is 11.4 Å². The van der Waals surface area contributed by atoms with Crippen LogP contribution < -0.4 is 5.73 Å². The number of rotatable bonds is 2. The Morgan fingerprint density at radius 2 is 2.33 bits per heavy atom. The molecule has 2 atom stereocenters. The monoisotopic (exact) mass is 188 g/mol. The maximum Gasteiger partial charge on any atom is 0.151 e. The van der Waals surface area contributed by atoms with Crippen LogP contribution in [0.1, 0.15) is 25.7 Å². The number of nitrogens with one attached hydrogen (secondary N) is 1. The highest BCUT2D eigenvalue weighted by molar-refractivity contribution is 8.14.